The second-order valence-electron chi connectivity index (χ2n) is 5.85. The van der Waals surface area contributed by atoms with E-state index < -0.39 is 5.82 Å². The maximum Gasteiger partial charge on any atom is 0.256 e. The minimum absolute atomic E-state index is 0. The van der Waals surface area contributed by atoms with Crippen LogP contribution in [0.3, 0.4) is 0 Å². The number of halogens is 3. The summed E-state index contributed by atoms with van der Waals surface area (Å²) in [6, 6.07) is 4.24. The third-order valence-corrected chi connectivity index (χ3v) is 4.79. The topological polar surface area (TPSA) is 32.3 Å². The normalized spacial score (nSPS) is 20.4. The van der Waals surface area contributed by atoms with E-state index in [9.17, 15) is 9.18 Å². The Morgan fingerprint density at radius 1 is 1.29 bits per heavy atom. The minimum Gasteiger partial charge on any atom is -0.338 e. The molecule has 0 bridgehead atoms. The second kappa shape index (κ2) is 6.51. The summed E-state index contributed by atoms with van der Waals surface area (Å²) in [5, 5.41) is 3.66. The Kier molecular flexibility index (Phi) is 5.12. The molecule has 1 amide bonds. The molecule has 0 aromatic heterocycles. The molecule has 1 aromatic rings. The molecule has 2 heterocycles. The fraction of sp³-hybridized carbons (Fsp3) is 0.533. The van der Waals surface area contributed by atoms with Crippen LogP contribution in [0.25, 0.3) is 0 Å². The highest BCUT2D eigenvalue weighted by atomic mass is 35.5. The summed E-state index contributed by atoms with van der Waals surface area (Å²) in [5.74, 6) is -0.747. The minimum atomic E-state index is -0.534. The van der Waals surface area contributed by atoms with Crippen LogP contribution < -0.4 is 5.32 Å². The van der Waals surface area contributed by atoms with E-state index in [2.05, 4.69) is 5.32 Å². The van der Waals surface area contributed by atoms with Gasteiger partial charge in [0.25, 0.3) is 5.91 Å². The van der Waals surface area contributed by atoms with Crippen LogP contribution in [0.1, 0.15) is 29.6 Å². The quantitative estimate of drug-likeness (QED) is 0.856. The van der Waals surface area contributed by atoms with E-state index in [-0.39, 0.29) is 29.3 Å². The van der Waals surface area contributed by atoms with Gasteiger partial charge in [-0.25, -0.2) is 4.39 Å². The first-order chi connectivity index (χ1) is 9.60. The van der Waals surface area contributed by atoms with Gasteiger partial charge < -0.3 is 10.2 Å². The smallest absolute Gasteiger partial charge is 0.256 e. The first-order valence-corrected chi connectivity index (χ1v) is 7.43. The van der Waals surface area contributed by atoms with E-state index in [1.165, 1.54) is 12.1 Å². The molecular weight excluding hydrogens is 314 g/mol. The fourth-order valence-corrected chi connectivity index (χ4v) is 3.47. The summed E-state index contributed by atoms with van der Waals surface area (Å²) >= 11 is 5.73. The molecule has 21 heavy (non-hydrogen) atoms. The van der Waals surface area contributed by atoms with Crippen molar-refractivity contribution in [1.29, 1.82) is 0 Å². The lowest BCUT2D eigenvalue weighted by Gasteiger charge is -2.33. The Balaban J connectivity index is 0.00000161. The standard InChI is InChI=1S/C15H18ClFN2O.ClH/c16-11-1-2-12(13(17)9-11)14(20)19-8-5-15(10-19)3-6-18-7-4-15;/h1-2,9,18H,3-8,10H2;1H. The van der Waals surface area contributed by atoms with Crippen molar-refractivity contribution in [3.63, 3.8) is 0 Å². The van der Waals surface area contributed by atoms with E-state index in [1.54, 1.807) is 11.0 Å². The SMILES string of the molecule is Cl.O=C(c1ccc(Cl)cc1F)N1CCC2(CCNCC2)C1. The molecule has 2 aliphatic heterocycles. The Morgan fingerprint density at radius 2 is 2.00 bits per heavy atom. The van der Waals surface area contributed by atoms with Crippen molar-refractivity contribution < 1.29 is 9.18 Å². The van der Waals surface area contributed by atoms with Gasteiger partial charge in [0.05, 0.1) is 5.56 Å². The molecule has 0 unspecified atom stereocenters. The lowest BCUT2D eigenvalue weighted by atomic mass is 9.78. The van der Waals surface area contributed by atoms with Crippen LogP contribution in [-0.2, 0) is 0 Å². The molecule has 0 radical (unpaired) electrons. The summed E-state index contributed by atoms with van der Waals surface area (Å²) in [6.07, 6.45) is 3.22. The van der Waals surface area contributed by atoms with Gasteiger partial charge in [0.15, 0.2) is 0 Å². The van der Waals surface area contributed by atoms with Gasteiger partial charge in [-0.1, -0.05) is 11.6 Å². The predicted octanol–water partition coefficient (Wildman–Crippen LogP) is 3.12. The second-order valence-corrected chi connectivity index (χ2v) is 6.29. The van der Waals surface area contributed by atoms with Crippen LogP contribution in [-0.4, -0.2) is 37.0 Å². The molecule has 116 valence electrons. The summed E-state index contributed by atoms with van der Waals surface area (Å²) in [6.45, 7) is 3.49. The number of hydrogen-bond acceptors (Lipinski definition) is 2. The van der Waals surface area contributed by atoms with Crippen LogP contribution in [0.4, 0.5) is 4.39 Å². The van der Waals surface area contributed by atoms with Crippen LogP contribution in [0.2, 0.25) is 5.02 Å². The van der Waals surface area contributed by atoms with Crippen LogP contribution >= 0.6 is 24.0 Å². The van der Waals surface area contributed by atoms with Crippen LogP contribution in [0, 0.1) is 11.2 Å². The predicted molar refractivity (Wildman–Crippen MR) is 83.7 cm³/mol. The first-order valence-electron chi connectivity index (χ1n) is 7.05. The molecule has 6 heteroatoms. The van der Waals surface area contributed by atoms with Gasteiger partial charge in [-0.2, -0.15) is 0 Å². The number of hydrogen-bond donors (Lipinski definition) is 1. The van der Waals surface area contributed by atoms with Gasteiger partial charge in [0, 0.05) is 18.1 Å². The summed E-state index contributed by atoms with van der Waals surface area (Å²) in [5.41, 5.74) is 0.365. The zero-order chi connectivity index (χ0) is 14.2. The van der Waals surface area contributed by atoms with Crippen molar-refractivity contribution >= 4 is 29.9 Å². The molecular formula is C15H19Cl2FN2O. The van der Waals surface area contributed by atoms with E-state index in [0.29, 0.717) is 5.02 Å². The number of carbonyl (C=O) groups excluding carboxylic acids is 1. The van der Waals surface area contributed by atoms with Gasteiger partial charge in [0.2, 0.25) is 0 Å². The average molecular weight is 333 g/mol. The van der Waals surface area contributed by atoms with Crippen molar-refractivity contribution in [2.24, 2.45) is 5.41 Å². The van der Waals surface area contributed by atoms with Crippen molar-refractivity contribution in [3.8, 4) is 0 Å². The van der Waals surface area contributed by atoms with Gasteiger partial charge in [0.1, 0.15) is 5.82 Å². The molecule has 2 aliphatic rings. The lowest BCUT2D eigenvalue weighted by Crippen LogP contribution is -2.39. The zero-order valence-corrected chi connectivity index (χ0v) is 13.3. The number of amides is 1. The molecule has 1 aromatic carbocycles. The molecule has 2 fully saturated rings. The monoisotopic (exact) mass is 332 g/mol. The van der Waals surface area contributed by atoms with Crippen molar-refractivity contribution in [3.05, 3.63) is 34.6 Å². The van der Waals surface area contributed by atoms with Crippen molar-refractivity contribution in [2.75, 3.05) is 26.2 Å². The van der Waals surface area contributed by atoms with E-state index >= 15 is 0 Å². The molecule has 1 spiro atoms. The van der Waals surface area contributed by atoms with Gasteiger partial charge in [-0.15, -0.1) is 12.4 Å². The molecule has 3 rings (SSSR count). The molecule has 0 saturated carbocycles. The highest BCUT2D eigenvalue weighted by Crippen LogP contribution is 2.39. The highest BCUT2D eigenvalue weighted by molar-refractivity contribution is 6.30. The zero-order valence-electron chi connectivity index (χ0n) is 11.7. The number of nitrogens with zero attached hydrogens (tertiary/aromatic N) is 1. The summed E-state index contributed by atoms with van der Waals surface area (Å²) < 4.78 is 13.8. The van der Waals surface area contributed by atoms with E-state index in [4.69, 9.17) is 11.6 Å². The Morgan fingerprint density at radius 3 is 2.67 bits per heavy atom. The van der Waals surface area contributed by atoms with E-state index in [1.807, 2.05) is 0 Å². The number of nitrogens with one attached hydrogen (secondary N) is 1. The lowest BCUT2D eigenvalue weighted by molar-refractivity contribution is 0.0757. The first kappa shape index (κ1) is 16.5. The van der Waals surface area contributed by atoms with Crippen LogP contribution in [0.15, 0.2) is 18.2 Å². The van der Waals surface area contributed by atoms with Crippen LogP contribution in [0.5, 0.6) is 0 Å². The number of piperidine rings is 1. The molecule has 2 saturated heterocycles. The summed E-state index contributed by atoms with van der Waals surface area (Å²) in [4.78, 5) is 14.2. The Bertz CT molecular complexity index is 532. The molecule has 1 N–H and O–H groups in total. The van der Waals surface area contributed by atoms with Crippen molar-refractivity contribution in [1.82, 2.24) is 10.2 Å². The number of benzene rings is 1. The van der Waals surface area contributed by atoms with Crippen molar-refractivity contribution in [2.45, 2.75) is 19.3 Å². The number of likely N-dealkylation sites (tertiary alicyclic amines) is 1. The maximum atomic E-state index is 13.8. The third-order valence-electron chi connectivity index (χ3n) is 4.55. The third kappa shape index (κ3) is 3.33. The number of carbonyl (C=O) groups is 1. The number of rotatable bonds is 1. The van der Waals surface area contributed by atoms with Gasteiger partial charge >= 0.3 is 0 Å². The van der Waals surface area contributed by atoms with Gasteiger partial charge in [-0.3, -0.25) is 4.79 Å². The molecule has 0 aliphatic carbocycles. The summed E-state index contributed by atoms with van der Waals surface area (Å²) in [7, 11) is 0. The maximum absolute atomic E-state index is 13.8. The largest absolute Gasteiger partial charge is 0.338 e. The molecule has 3 nitrogen and oxygen atoms in total. The Labute approximate surface area is 135 Å². The van der Waals surface area contributed by atoms with E-state index in [0.717, 1.165) is 45.4 Å². The van der Waals surface area contributed by atoms with Gasteiger partial charge in [-0.05, 0) is 56.0 Å². The average Bonchev–Trinajstić information content (AvgIpc) is 2.83. The highest BCUT2D eigenvalue weighted by Gasteiger charge is 2.40. The molecule has 0 atom stereocenters. The fourth-order valence-electron chi connectivity index (χ4n) is 3.31. The Hall–Kier alpha value is -0.840.